The van der Waals surface area contributed by atoms with Crippen LogP contribution in [-0.4, -0.2) is 34.9 Å². The molecule has 0 aromatic rings. The molecule has 1 fully saturated rings. The predicted molar refractivity (Wildman–Crippen MR) is 45.0 cm³/mol. The molecule has 0 bridgehead atoms. The van der Waals surface area contributed by atoms with Crippen LogP contribution in [0.4, 0.5) is 0 Å². The van der Waals surface area contributed by atoms with Gasteiger partial charge in [0.1, 0.15) is 0 Å². The third-order valence-electron chi connectivity index (χ3n) is 1.68. The van der Waals surface area contributed by atoms with Crippen molar-refractivity contribution in [1.82, 2.24) is 4.31 Å². The molecule has 1 rings (SSSR count). The first-order chi connectivity index (χ1) is 4.93. The van der Waals surface area contributed by atoms with Crippen LogP contribution in [-0.2, 0) is 0 Å². The van der Waals surface area contributed by atoms with Crippen LogP contribution in [0.3, 0.4) is 0 Å². The highest BCUT2D eigenvalue weighted by atomic mass is 32.2. The summed E-state index contributed by atoms with van der Waals surface area (Å²) in [5, 5.41) is 8.55. The van der Waals surface area contributed by atoms with Crippen molar-refractivity contribution < 1.29 is 5.11 Å². The zero-order valence-corrected chi connectivity index (χ0v) is 7.07. The summed E-state index contributed by atoms with van der Waals surface area (Å²) in [4.78, 5) is 0. The minimum Gasteiger partial charge on any atom is -0.395 e. The van der Waals surface area contributed by atoms with Crippen LogP contribution in [0.1, 0.15) is 19.3 Å². The number of rotatable bonds is 3. The first-order valence-corrected chi connectivity index (χ1v) is 4.86. The van der Waals surface area contributed by atoms with Crippen molar-refractivity contribution in [3.05, 3.63) is 0 Å². The van der Waals surface area contributed by atoms with Crippen LogP contribution in [0.25, 0.3) is 0 Å². The molecule has 0 amide bonds. The van der Waals surface area contributed by atoms with E-state index in [1.165, 1.54) is 32.4 Å². The van der Waals surface area contributed by atoms with Gasteiger partial charge in [0.05, 0.1) is 6.61 Å². The lowest BCUT2D eigenvalue weighted by Gasteiger charge is -2.24. The van der Waals surface area contributed by atoms with Gasteiger partial charge in [0.25, 0.3) is 0 Å². The second kappa shape index (κ2) is 4.99. The number of piperidine rings is 1. The maximum atomic E-state index is 8.55. The van der Waals surface area contributed by atoms with Crippen LogP contribution >= 0.6 is 11.9 Å². The Morgan fingerprint density at radius 1 is 1.20 bits per heavy atom. The Hall–Kier alpha value is 0.270. The highest BCUT2D eigenvalue weighted by molar-refractivity contribution is 7.97. The minimum absolute atomic E-state index is 0.307. The van der Waals surface area contributed by atoms with Crippen molar-refractivity contribution in [2.45, 2.75) is 19.3 Å². The van der Waals surface area contributed by atoms with Crippen molar-refractivity contribution in [1.29, 1.82) is 0 Å². The Balaban J connectivity index is 2.02. The van der Waals surface area contributed by atoms with Crippen molar-refractivity contribution >= 4 is 11.9 Å². The number of aliphatic hydroxyl groups excluding tert-OH is 1. The molecule has 0 unspecified atom stereocenters. The van der Waals surface area contributed by atoms with E-state index in [2.05, 4.69) is 4.31 Å². The molecule has 2 nitrogen and oxygen atoms in total. The van der Waals surface area contributed by atoms with Crippen molar-refractivity contribution in [3.8, 4) is 0 Å². The fourth-order valence-electron chi connectivity index (χ4n) is 1.16. The van der Waals surface area contributed by atoms with Gasteiger partial charge in [-0.25, -0.2) is 0 Å². The highest BCUT2D eigenvalue weighted by Gasteiger charge is 2.08. The van der Waals surface area contributed by atoms with Gasteiger partial charge in [0.15, 0.2) is 0 Å². The molecule has 1 aliphatic heterocycles. The second-order valence-electron chi connectivity index (χ2n) is 2.55. The van der Waals surface area contributed by atoms with E-state index in [1.807, 2.05) is 0 Å². The Labute approximate surface area is 66.7 Å². The number of hydrogen-bond acceptors (Lipinski definition) is 3. The van der Waals surface area contributed by atoms with Crippen LogP contribution in [0.5, 0.6) is 0 Å². The molecule has 1 aliphatic rings. The fraction of sp³-hybridized carbons (Fsp3) is 1.00. The zero-order chi connectivity index (χ0) is 7.23. The molecule has 0 aromatic heterocycles. The average Bonchev–Trinajstić information content (AvgIpc) is 2.03. The maximum absolute atomic E-state index is 8.55. The number of nitrogens with zero attached hydrogens (tertiary/aromatic N) is 1. The predicted octanol–water partition coefficient (Wildman–Crippen LogP) is 1.11. The molecule has 0 aromatic carbocycles. The molecular weight excluding hydrogens is 146 g/mol. The highest BCUT2D eigenvalue weighted by Crippen LogP contribution is 2.16. The largest absolute Gasteiger partial charge is 0.395 e. The van der Waals surface area contributed by atoms with E-state index < -0.39 is 0 Å². The molecular formula is C7H15NOS. The van der Waals surface area contributed by atoms with E-state index in [1.54, 1.807) is 11.9 Å². The molecule has 0 aliphatic carbocycles. The lowest BCUT2D eigenvalue weighted by atomic mass is 10.2. The first kappa shape index (κ1) is 8.37. The molecule has 1 heterocycles. The summed E-state index contributed by atoms with van der Waals surface area (Å²) in [5.74, 6) is 0.861. The molecule has 1 N–H and O–H groups in total. The first-order valence-electron chi connectivity index (χ1n) is 3.92. The molecule has 1 saturated heterocycles. The van der Waals surface area contributed by atoms with E-state index in [-0.39, 0.29) is 0 Å². The van der Waals surface area contributed by atoms with Crippen LogP contribution in [0.15, 0.2) is 0 Å². The quantitative estimate of drug-likeness (QED) is 0.627. The molecule has 10 heavy (non-hydrogen) atoms. The van der Waals surface area contributed by atoms with E-state index >= 15 is 0 Å². The van der Waals surface area contributed by atoms with Gasteiger partial charge >= 0.3 is 0 Å². The molecule has 60 valence electrons. The summed E-state index contributed by atoms with van der Waals surface area (Å²) in [6, 6.07) is 0. The number of aliphatic hydroxyl groups is 1. The van der Waals surface area contributed by atoms with E-state index in [0.29, 0.717) is 6.61 Å². The third kappa shape index (κ3) is 2.90. The fourth-order valence-corrected chi connectivity index (χ4v) is 2.02. The Kier molecular flexibility index (Phi) is 4.18. The zero-order valence-electron chi connectivity index (χ0n) is 6.25. The third-order valence-corrected chi connectivity index (χ3v) is 2.78. The van der Waals surface area contributed by atoms with Gasteiger partial charge in [-0.05, 0) is 12.8 Å². The number of hydrogen-bond donors (Lipinski definition) is 1. The molecule has 3 heteroatoms. The van der Waals surface area contributed by atoms with Crippen LogP contribution in [0.2, 0.25) is 0 Å². The second-order valence-corrected chi connectivity index (χ2v) is 3.73. The van der Waals surface area contributed by atoms with E-state index in [0.717, 1.165) is 5.75 Å². The smallest absolute Gasteiger partial charge is 0.0534 e. The molecule has 0 radical (unpaired) electrons. The summed E-state index contributed by atoms with van der Waals surface area (Å²) >= 11 is 1.78. The summed E-state index contributed by atoms with van der Waals surface area (Å²) in [7, 11) is 0. The van der Waals surface area contributed by atoms with Gasteiger partial charge in [-0.2, -0.15) is 0 Å². The molecule has 0 atom stereocenters. The van der Waals surface area contributed by atoms with E-state index in [9.17, 15) is 0 Å². The summed E-state index contributed by atoms with van der Waals surface area (Å²) < 4.78 is 2.36. The van der Waals surface area contributed by atoms with Crippen molar-refractivity contribution in [2.24, 2.45) is 0 Å². The maximum Gasteiger partial charge on any atom is 0.0534 e. The van der Waals surface area contributed by atoms with Gasteiger partial charge < -0.3 is 5.11 Å². The monoisotopic (exact) mass is 161 g/mol. The SMILES string of the molecule is OCCSN1CCCCC1. The summed E-state index contributed by atoms with van der Waals surface area (Å²) in [6.07, 6.45) is 4.05. The minimum atomic E-state index is 0.307. The van der Waals surface area contributed by atoms with Crippen LogP contribution in [0, 0.1) is 0 Å². The molecule has 0 saturated carbocycles. The lowest BCUT2D eigenvalue weighted by Crippen LogP contribution is -2.23. The summed E-state index contributed by atoms with van der Waals surface area (Å²) in [6.45, 7) is 2.73. The Morgan fingerprint density at radius 2 is 1.90 bits per heavy atom. The Bertz CT molecular complexity index is 83.7. The average molecular weight is 161 g/mol. The lowest BCUT2D eigenvalue weighted by molar-refractivity contribution is 0.318. The van der Waals surface area contributed by atoms with Gasteiger partial charge in [-0.15, -0.1) is 0 Å². The van der Waals surface area contributed by atoms with Crippen molar-refractivity contribution in [2.75, 3.05) is 25.4 Å². The molecule has 0 spiro atoms. The Morgan fingerprint density at radius 3 is 2.50 bits per heavy atom. The van der Waals surface area contributed by atoms with Gasteiger partial charge in [-0.1, -0.05) is 18.4 Å². The van der Waals surface area contributed by atoms with Gasteiger partial charge in [-0.3, -0.25) is 4.31 Å². The van der Waals surface area contributed by atoms with Gasteiger partial charge in [0.2, 0.25) is 0 Å². The van der Waals surface area contributed by atoms with Crippen molar-refractivity contribution in [3.63, 3.8) is 0 Å². The topological polar surface area (TPSA) is 23.5 Å². The standard InChI is InChI=1S/C7H15NOS/c9-6-7-10-8-4-2-1-3-5-8/h9H,1-7H2. The summed E-state index contributed by atoms with van der Waals surface area (Å²) in [5.41, 5.74) is 0. The van der Waals surface area contributed by atoms with Crippen LogP contribution < -0.4 is 0 Å². The van der Waals surface area contributed by atoms with E-state index in [4.69, 9.17) is 5.11 Å². The van der Waals surface area contributed by atoms with Gasteiger partial charge in [0, 0.05) is 18.8 Å². The normalized spacial score (nSPS) is 21.3.